The number of ether oxygens (including phenoxy) is 2. The van der Waals surface area contributed by atoms with E-state index >= 15 is 0 Å². The Balaban J connectivity index is 0. The number of primary amides is 2. The first kappa shape index (κ1) is 22.2. The Morgan fingerprint density at radius 1 is 1.09 bits per heavy atom. The molecule has 0 spiro atoms. The number of amides is 2. The standard InChI is InChI=1S/C9H14O.2C3H7NO2/c1-7-4-8(10)6-9(2,3)5-7;2*1-2-6-3(4)5/h4H,5-6H2,1-3H3;2*2H2,1H3,(H2,4,5). The molecule has 7 heteroatoms. The van der Waals surface area contributed by atoms with Gasteiger partial charge in [-0.25, -0.2) is 9.59 Å². The van der Waals surface area contributed by atoms with Gasteiger partial charge in [-0.3, -0.25) is 4.79 Å². The molecule has 0 bridgehead atoms. The first-order chi connectivity index (χ1) is 10.0. The first-order valence-corrected chi connectivity index (χ1v) is 7.08. The molecule has 0 saturated heterocycles. The van der Waals surface area contributed by atoms with Crippen molar-refractivity contribution in [3.8, 4) is 0 Å². The average Bonchev–Trinajstić information content (AvgIpc) is 2.25. The Hall–Kier alpha value is -2.05. The van der Waals surface area contributed by atoms with E-state index in [1.807, 2.05) is 6.92 Å². The van der Waals surface area contributed by atoms with Crippen LogP contribution in [0.5, 0.6) is 0 Å². The summed E-state index contributed by atoms with van der Waals surface area (Å²) in [6.45, 7) is 10.4. The lowest BCUT2D eigenvalue weighted by Crippen LogP contribution is -2.20. The van der Waals surface area contributed by atoms with E-state index in [1.165, 1.54) is 5.57 Å². The molecule has 1 rings (SSSR count). The Morgan fingerprint density at radius 3 is 1.68 bits per heavy atom. The summed E-state index contributed by atoms with van der Waals surface area (Å²) in [5, 5.41) is 0. The van der Waals surface area contributed by atoms with Gasteiger partial charge in [0.05, 0.1) is 13.2 Å². The molecule has 0 aromatic rings. The lowest BCUT2D eigenvalue weighted by Gasteiger charge is -2.27. The van der Waals surface area contributed by atoms with Gasteiger partial charge in [0.2, 0.25) is 0 Å². The first-order valence-electron chi connectivity index (χ1n) is 7.08. The maximum absolute atomic E-state index is 11.0. The highest BCUT2D eigenvalue weighted by Gasteiger charge is 2.25. The van der Waals surface area contributed by atoms with Crippen LogP contribution in [0, 0.1) is 5.41 Å². The molecule has 0 unspecified atom stereocenters. The predicted octanol–water partition coefficient (Wildman–Crippen LogP) is 2.53. The van der Waals surface area contributed by atoms with Crippen molar-refractivity contribution in [1.29, 1.82) is 0 Å². The summed E-state index contributed by atoms with van der Waals surface area (Å²) >= 11 is 0. The molecule has 0 saturated carbocycles. The van der Waals surface area contributed by atoms with Crippen LogP contribution in [-0.2, 0) is 14.3 Å². The summed E-state index contributed by atoms with van der Waals surface area (Å²) in [4.78, 5) is 30.2. The van der Waals surface area contributed by atoms with Crippen molar-refractivity contribution in [1.82, 2.24) is 0 Å². The third-order valence-corrected chi connectivity index (χ3v) is 2.39. The molecule has 0 aromatic heterocycles. The summed E-state index contributed by atoms with van der Waals surface area (Å²) in [6, 6.07) is 0. The van der Waals surface area contributed by atoms with E-state index in [4.69, 9.17) is 0 Å². The van der Waals surface area contributed by atoms with Crippen molar-refractivity contribution in [3.63, 3.8) is 0 Å². The summed E-state index contributed by atoms with van der Waals surface area (Å²) in [6.07, 6.45) is 2.13. The van der Waals surface area contributed by atoms with Gasteiger partial charge >= 0.3 is 12.2 Å². The van der Waals surface area contributed by atoms with Crippen molar-refractivity contribution in [2.24, 2.45) is 16.9 Å². The molecule has 0 fully saturated rings. The molecule has 0 aromatic carbocycles. The molecule has 22 heavy (non-hydrogen) atoms. The Labute approximate surface area is 132 Å². The minimum atomic E-state index is -0.711. The monoisotopic (exact) mass is 316 g/mol. The van der Waals surface area contributed by atoms with Gasteiger partial charge in [-0.2, -0.15) is 0 Å². The van der Waals surface area contributed by atoms with E-state index in [0.29, 0.717) is 19.6 Å². The fourth-order valence-corrected chi connectivity index (χ4v) is 1.95. The Kier molecular flexibility index (Phi) is 11.7. The zero-order chi connectivity index (χ0) is 17.8. The smallest absolute Gasteiger partial charge is 0.404 e. The van der Waals surface area contributed by atoms with E-state index in [2.05, 4.69) is 34.8 Å². The quantitative estimate of drug-likeness (QED) is 0.810. The maximum atomic E-state index is 11.0. The van der Waals surface area contributed by atoms with Gasteiger partial charge in [-0.15, -0.1) is 0 Å². The molecular weight excluding hydrogens is 288 g/mol. The van der Waals surface area contributed by atoms with Crippen molar-refractivity contribution in [2.45, 2.75) is 47.5 Å². The zero-order valence-corrected chi connectivity index (χ0v) is 14.1. The van der Waals surface area contributed by atoms with Crippen LogP contribution in [0.1, 0.15) is 47.5 Å². The molecule has 7 nitrogen and oxygen atoms in total. The number of ketones is 1. The van der Waals surface area contributed by atoms with Crippen molar-refractivity contribution < 1.29 is 23.9 Å². The summed E-state index contributed by atoms with van der Waals surface area (Å²) in [5.74, 6) is 0.286. The van der Waals surface area contributed by atoms with Gasteiger partial charge in [0.15, 0.2) is 5.78 Å². The molecule has 2 amide bonds. The van der Waals surface area contributed by atoms with Gasteiger partial charge in [-0.1, -0.05) is 19.4 Å². The summed E-state index contributed by atoms with van der Waals surface area (Å²) < 4.78 is 8.36. The van der Waals surface area contributed by atoms with E-state index < -0.39 is 12.2 Å². The highest BCUT2D eigenvalue weighted by atomic mass is 16.5. The Bertz CT molecular complexity index is 387. The minimum Gasteiger partial charge on any atom is -0.450 e. The van der Waals surface area contributed by atoms with Crippen molar-refractivity contribution >= 4 is 18.0 Å². The van der Waals surface area contributed by atoms with E-state index in [-0.39, 0.29) is 11.2 Å². The molecular formula is C15H28N2O5. The second kappa shape index (κ2) is 11.6. The number of hydrogen-bond acceptors (Lipinski definition) is 5. The number of rotatable bonds is 2. The summed E-state index contributed by atoms with van der Waals surface area (Å²) in [5.41, 5.74) is 10.5. The van der Waals surface area contributed by atoms with Gasteiger partial charge < -0.3 is 20.9 Å². The number of carbonyl (C=O) groups excluding carboxylic acids is 3. The molecule has 1 aliphatic carbocycles. The molecule has 0 heterocycles. The fraction of sp³-hybridized carbons (Fsp3) is 0.667. The summed E-state index contributed by atoms with van der Waals surface area (Å²) in [7, 11) is 0. The maximum Gasteiger partial charge on any atom is 0.404 e. The zero-order valence-electron chi connectivity index (χ0n) is 14.1. The molecule has 0 radical (unpaired) electrons. The topological polar surface area (TPSA) is 122 Å². The van der Waals surface area contributed by atoms with Crippen molar-refractivity contribution in [3.05, 3.63) is 11.6 Å². The molecule has 128 valence electrons. The largest absolute Gasteiger partial charge is 0.450 e. The van der Waals surface area contributed by atoms with Gasteiger partial charge in [0.1, 0.15) is 0 Å². The number of nitrogens with two attached hydrogens (primary N) is 2. The van der Waals surface area contributed by atoms with Crippen LogP contribution >= 0.6 is 0 Å². The van der Waals surface area contributed by atoms with Crippen LogP contribution in [0.3, 0.4) is 0 Å². The highest BCUT2D eigenvalue weighted by molar-refractivity contribution is 5.91. The van der Waals surface area contributed by atoms with E-state index in [9.17, 15) is 14.4 Å². The van der Waals surface area contributed by atoms with E-state index in [1.54, 1.807) is 19.9 Å². The average molecular weight is 316 g/mol. The third kappa shape index (κ3) is 16.0. The molecule has 1 aliphatic rings. The SMILES string of the molecule is CC1=CC(=O)CC(C)(C)C1.CCOC(N)=O.CCOC(N)=O. The lowest BCUT2D eigenvalue weighted by molar-refractivity contribution is -0.117. The highest BCUT2D eigenvalue weighted by Crippen LogP contribution is 2.32. The van der Waals surface area contributed by atoms with Gasteiger partial charge in [-0.05, 0) is 38.7 Å². The van der Waals surface area contributed by atoms with Crippen LogP contribution in [0.2, 0.25) is 0 Å². The van der Waals surface area contributed by atoms with Crippen LogP contribution < -0.4 is 11.5 Å². The van der Waals surface area contributed by atoms with Gasteiger partial charge in [0, 0.05) is 6.42 Å². The fourth-order valence-electron chi connectivity index (χ4n) is 1.95. The molecule has 0 aliphatic heterocycles. The lowest BCUT2D eigenvalue weighted by atomic mass is 9.77. The number of allylic oxidation sites excluding steroid dienone is 2. The second-order valence-electron chi connectivity index (χ2n) is 5.48. The predicted molar refractivity (Wildman–Crippen MR) is 84.2 cm³/mol. The molecule has 4 N–H and O–H groups in total. The number of carbonyl (C=O) groups is 3. The van der Waals surface area contributed by atoms with Gasteiger partial charge in [0.25, 0.3) is 0 Å². The minimum absolute atomic E-state index is 0.204. The molecule has 0 atom stereocenters. The van der Waals surface area contributed by atoms with Crippen molar-refractivity contribution in [2.75, 3.05) is 13.2 Å². The van der Waals surface area contributed by atoms with Crippen LogP contribution in [0.15, 0.2) is 11.6 Å². The van der Waals surface area contributed by atoms with Crippen LogP contribution in [-0.4, -0.2) is 31.2 Å². The normalized spacial score (nSPS) is 15.1. The van der Waals surface area contributed by atoms with Crippen LogP contribution in [0.25, 0.3) is 0 Å². The second-order valence-corrected chi connectivity index (χ2v) is 5.48. The van der Waals surface area contributed by atoms with Crippen LogP contribution in [0.4, 0.5) is 9.59 Å². The number of hydrogen-bond donors (Lipinski definition) is 2. The third-order valence-electron chi connectivity index (χ3n) is 2.39. The van der Waals surface area contributed by atoms with E-state index in [0.717, 1.165) is 6.42 Å². The Morgan fingerprint density at radius 2 is 1.50 bits per heavy atom.